The van der Waals surface area contributed by atoms with Crippen molar-refractivity contribution in [2.75, 3.05) is 42.7 Å². The minimum Gasteiger partial charge on any atom is -0.493 e. The minimum atomic E-state index is -0.830. The summed E-state index contributed by atoms with van der Waals surface area (Å²) in [6.45, 7) is -0.522. The Hall–Kier alpha value is -3.73. The fraction of sp³-hybridized carbons (Fsp3) is 0.292. The molecule has 3 rings (SSSR count). The van der Waals surface area contributed by atoms with Crippen LogP contribution < -0.4 is 24.5 Å². The van der Waals surface area contributed by atoms with Crippen molar-refractivity contribution in [3.8, 4) is 34.1 Å². The molecule has 10 nitrogen and oxygen atoms in total. The van der Waals surface area contributed by atoms with Crippen LogP contribution in [0.15, 0.2) is 33.5 Å². The van der Waals surface area contributed by atoms with Crippen LogP contribution in [0.25, 0.3) is 21.9 Å². The molecule has 11 heteroatoms. The third-order valence-electron chi connectivity index (χ3n) is 5.39. The number of esters is 2. The first-order chi connectivity index (χ1) is 16.8. The largest absolute Gasteiger partial charge is 0.493 e. The van der Waals surface area contributed by atoms with Crippen LogP contribution in [0.3, 0.4) is 0 Å². The smallest absolute Gasteiger partial charge is 0.355 e. The molecule has 0 N–H and O–H groups in total. The summed E-state index contributed by atoms with van der Waals surface area (Å²) >= 11 is 3.47. The molecule has 1 heterocycles. The van der Waals surface area contributed by atoms with E-state index >= 15 is 0 Å². The Balaban J connectivity index is 2.62. The summed E-state index contributed by atoms with van der Waals surface area (Å²) in [6, 6.07) is 6.43. The Morgan fingerprint density at radius 2 is 1.40 bits per heavy atom. The van der Waals surface area contributed by atoms with E-state index in [4.69, 9.17) is 28.4 Å². The van der Waals surface area contributed by atoms with Gasteiger partial charge in [0.2, 0.25) is 0 Å². The summed E-state index contributed by atoms with van der Waals surface area (Å²) in [5.74, 6) is -0.122. The summed E-state index contributed by atoms with van der Waals surface area (Å²) < 4.78 is 33.0. The van der Waals surface area contributed by atoms with Crippen molar-refractivity contribution in [3.63, 3.8) is 0 Å². The monoisotopic (exact) mass is 549 g/mol. The predicted octanol–water partition coefficient (Wildman–Crippen LogP) is 3.43. The van der Waals surface area contributed by atoms with E-state index in [2.05, 4.69) is 15.9 Å². The number of carbonyl (C=O) groups is 2. The molecule has 0 saturated heterocycles. The average Bonchev–Trinajstić information content (AvgIpc) is 2.87. The van der Waals surface area contributed by atoms with Crippen molar-refractivity contribution in [3.05, 3.63) is 44.8 Å². The quantitative estimate of drug-likeness (QED) is 0.390. The molecule has 0 amide bonds. The van der Waals surface area contributed by atoms with Crippen LogP contribution in [0.5, 0.6) is 23.0 Å². The van der Waals surface area contributed by atoms with Gasteiger partial charge < -0.3 is 28.4 Å². The van der Waals surface area contributed by atoms with Gasteiger partial charge >= 0.3 is 11.9 Å². The van der Waals surface area contributed by atoms with E-state index in [1.807, 2.05) is 0 Å². The molecule has 0 fully saturated rings. The summed E-state index contributed by atoms with van der Waals surface area (Å²) in [4.78, 5) is 38.9. The van der Waals surface area contributed by atoms with Crippen LogP contribution in [0.2, 0.25) is 0 Å². The molecule has 186 valence electrons. The molecular formula is C24H24BrNO9. The highest BCUT2D eigenvalue weighted by atomic mass is 79.9. The molecule has 0 atom stereocenters. The van der Waals surface area contributed by atoms with Gasteiger partial charge in [-0.15, -0.1) is 0 Å². The van der Waals surface area contributed by atoms with Crippen molar-refractivity contribution in [1.29, 1.82) is 0 Å². The molecular weight excluding hydrogens is 526 g/mol. The maximum atomic E-state index is 13.6. The van der Waals surface area contributed by atoms with Gasteiger partial charge in [-0.2, -0.15) is 0 Å². The standard InChI is InChI=1S/C24H24BrNO9/c1-30-16-9-13-14(10-17(16)31-2)23(28)26(11-19(27)33-4)21(24(29)35-6)20(13)12-7-15(25)22(34-5)18(8-12)32-3/h7-10H,11H2,1-6H3. The molecule has 0 unspecified atom stereocenters. The van der Waals surface area contributed by atoms with E-state index in [1.54, 1.807) is 18.2 Å². The van der Waals surface area contributed by atoms with Gasteiger partial charge in [0.25, 0.3) is 5.56 Å². The Kier molecular flexibility index (Phi) is 7.90. The van der Waals surface area contributed by atoms with E-state index in [0.717, 1.165) is 4.57 Å². The first kappa shape index (κ1) is 25.9. The van der Waals surface area contributed by atoms with Crippen LogP contribution in [0, 0.1) is 0 Å². The number of hydrogen-bond donors (Lipinski definition) is 0. The lowest BCUT2D eigenvalue weighted by molar-refractivity contribution is -0.141. The average molecular weight is 550 g/mol. The Morgan fingerprint density at radius 1 is 0.800 bits per heavy atom. The highest BCUT2D eigenvalue weighted by Crippen LogP contribution is 2.43. The third-order valence-corrected chi connectivity index (χ3v) is 5.98. The number of fused-ring (bicyclic) bond motifs is 1. The Morgan fingerprint density at radius 3 is 1.91 bits per heavy atom. The van der Waals surface area contributed by atoms with Crippen molar-refractivity contribution < 1.29 is 38.0 Å². The molecule has 0 spiro atoms. The third kappa shape index (κ3) is 4.63. The number of carbonyl (C=O) groups excluding carboxylic acids is 2. The van der Waals surface area contributed by atoms with E-state index < -0.39 is 24.0 Å². The SMILES string of the molecule is COC(=O)Cn1c(C(=O)OC)c(-c2cc(Br)c(OC)c(OC)c2)c2cc(OC)c(OC)cc2c1=O. The lowest BCUT2D eigenvalue weighted by Gasteiger charge is -2.20. The molecule has 0 bridgehead atoms. The van der Waals surface area contributed by atoms with E-state index in [0.29, 0.717) is 44.0 Å². The normalized spacial score (nSPS) is 10.6. The molecule has 0 aliphatic rings. The fourth-order valence-electron chi connectivity index (χ4n) is 3.78. The second-order valence-corrected chi connectivity index (χ2v) is 7.98. The van der Waals surface area contributed by atoms with Gasteiger partial charge in [0, 0.05) is 10.9 Å². The van der Waals surface area contributed by atoms with Crippen molar-refractivity contribution in [2.45, 2.75) is 6.54 Å². The lowest BCUT2D eigenvalue weighted by atomic mass is 9.95. The summed E-state index contributed by atoms with van der Waals surface area (Å²) in [7, 11) is 8.22. The van der Waals surface area contributed by atoms with Gasteiger partial charge in [0.05, 0.1) is 52.5 Å². The number of nitrogens with zero attached hydrogens (tertiary/aromatic N) is 1. The maximum Gasteiger partial charge on any atom is 0.355 e. The summed E-state index contributed by atoms with van der Waals surface area (Å²) in [5, 5.41) is 0.549. The zero-order valence-corrected chi connectivity index (χ0v) is 21.6. The van der Waals surface area contributed by atoms with Gasteiger partial charge in [-0.25, -0.2) is 4.79 Å². The molecule has 2 aromatic carbocycles. The molecule has 1 aromatic heterocycles. The van der Waals surface area contributed by atoms with Gasteiger partial charge in [0.1, 0.15) is 12.2 Å². The molecule has 0 aliphatic carbocycles. The second-order valence-electron chi connectivity index (χ2n) is 7.13. The van der Waals surface area contributed by atoms with Crippen LogP contribution in [-0.4, -0.2) is 59.2 Å². The first-order valence-electron chi connectivity index (χ1n) is 10.2. The Bertz CT molecular complexity index is 1360. The number of halogens is 1. The fourth-order valence-corrected chi connectivity index (χ4v) is 4.38. The number of rotatable bonds is 8. The van der Waals surface area contributed by atoms with Gasteiger partial charge in [0.15, 0.2) is 23.0 Å². The highest BCUT2D eigenvalue weighted by molar-refractivity contribution is 9.10. The minimum absolute atomic E-state index is 0.151. The van der Waals surface area contributed by atoms with Crippen molar-refractivity contribution in [2.24, 2.45) is 0 Å². The second kappa shape index (κ2) is 10.7. The van der Waals surface area contributed by atoms with Crippen molar-refractivity contribution in [1.82, 2.24) is 4.57 Å². The zero-order valence-electron chi connectivity index (χ0n) is 20.0. The van der Waals surface area contributed by atoms with Crippen LogP contribution in [0.1, 0.15) is 10.5 Å². The molecule has 0 saturated carbocycles. The zero-order chi connectivity index (χ0) is 25.9. The van der Waals surface area contributed by atoms with Crippen LogP contribution >= 0.6 is 15.9 Å². The lowest BCUT2D eigenvalue weighted by Crippen LogP contribution is -2.31. The van der Waals surface area contributed by atoms with Crippen LogP contribution in [-0.2, 0) is 20.8 Å². The van der Waals surface area contributed by atoms with Gasteiger partial charge in [-0.1, -0.05) is 0 Å². The summed E-state index contributed by atoms with van der Waals surface area (Å²) in [5.41, 5.74) is 0.0144. The maximum absolute atomic E-state index is 13.6. The molecule has 0 radical (unpaired) electrons. The number of aromatic nitrogens is 1. The molecule has 35 heavy (non-hydrogen) atoms. The molecule has 0 aliphatic heterocycles. The highest BCUT2D eigenvalue weighted by Gasteiger charge is 2.28. The topological polar surface area (TPSA) is 112 Å². The summed E-state index contributed by atoms with van der Waals surface area (Å²) in [6.07, 6.45) is 0. The molecule has 3 aromatic rings. The number of hydrogen-bond acceptors (Lipinski definition) is 9. The number of ether oxygens (including phenoxy) is 6. The number of pyridine rings is 1. The Labute approximate surface area is 209 Å². The van der Waals surface area contributed by atoms with Gasteiger partial charge in [-0.05, 0) is 45.8 Å². The van der Waals surface area contributed by atoms with Crippen LogP contribution in [0.4, 0.5) is 0 Å². The van der Waals surface area contributed by atoms with E-state index in [-0.39, 0.29) is 11.1 Å². The van der Waals surface area contributed by atoms with Crippen molar-refractivity contribution >= 4 is 38.6 Å². The van der Waals surface area contributed by atoms with E-state index in [1.165, 1.54) is 48.7 Å². The predicted molar refractivity (Wildman–Crippen MR) is 131 cm³/mol. The number of methoxy groups -OCH3 is 6. The van der Waals surface area contributed by atoms with Gasteiger partial charge in [-0.3, -0.25) is 14.2 Å². The number of benzene rings is 2. The first-order valence-corrected chi connectivity index (χ1v) is 10.9. The van der Waals surface area contributed by atoms with E-state index in [9.17, 15) is 14.4 Å².